The molecule has 0 unspecified atom stereocenters. The molecule has 116 valence electrons. The molecule has 0 aliphatic rings. The highest BCUT2D eigenvalue weighted by atomic mass is 35.8. The number of halogens is 3. The second kappa shape index (κ2) is 14.0. The molecule has 0 aliphatic heterocycles. The summed E-state index contributed by atoms with van der Waals surface area (Å²) >= 11 is 17.5. The van der Waals surface area contributed by atoms with Crippen LogP contribution in [-0.4, -0.2) is 12.5 Å². The molecule has 0 fully saturated rings. The minimum atomic E-state index is -2.35. The Kier molecular flexibility index (Phi) is 14.8. The van der Waals surface area contributed by atoms with Gasteiger partial charge in [0.2, 0.25) is 0 Å². The lowest BCUT2D eigenvalue weighted by Gasteiger charge is -2.06. The smallest absolute Gasteiger partial charge is 0.330 e. The normalized spacial score (nSPS) is 12.0. The molecular weight excluding hydrogens is 317 g/mol. The van der Waals surface area contributed by atoms with Crippen LogP contribution in [0.1, 0.15) is 77.0 Å². The lowest BCUT2D eigenvalue weighted by atomic mass is 10.1. The Bertz CT molecular complexity index is 186. The Balaban J connectivity index is 2.99. The number of nitrogens with two attached hydrogens (primary N) is 1. The van der Waals surface area contributed by atoms with E-state index in [9.17, 15) is 0 Å². The zero-order valence-electron chi connectivity index (χ0n) is 12.1. The van der Waals surface area contributed by atoms with E-state index in [0.717, 1.165) is 19.0 Å². The van der Waals surface area contributed by atoms with Gasteiger partial charge in [-0.05, 0) is 19.0 Å². The Hall–Kier alpha value is 1.05. The molecule has 0 saturated heterocycles. The van der Waals surface area contributed by atoms with E-state index in [-0.39, 0.29) is 0 Å². The van der Waals surface area contributed by atoms with Crippen molar-refractivity contribution in [2.75, 3.05) is 6.54 Å². The SMILES string of the molecule is NCCCCCCCCCCCCCC[Si](Cl)(Cl)Cl. The van der Waals surface area contributed by atoms with Crippen molar-refractivity contribution in [1.82, 2.24) is 0 Å². The largest absolute Gasteiger partial charge is 0.341 e. The summed E-state index contributed by atoms with van der Waals surface area (Å²) in [5.41, 5.74) is 5.46. The van der Waals surface area contributed by atoms with Crippen molar-refractivity contribution < 1.29 is 0 Å². The summed E-state index contributed by atoms with van der Waals surface area (Å²) in [6, 6.07) is -1.53. The Morgan fingerprint density at radius 1 is 0.526 bits per heavy atom. The maximum atomic E-state index is 5.84. The molecule has 2 N–H and O–H groups in total. The van der Waals surface area contributed by atoms with Gasteiger partial charge in [0.05, 0.1) is 0 Å². The van der Waals surface area contributed by atoms with Crippen molar-refractivity contribution >= 4 is 39.2 Å². The van der Waals surface area contributed by atoms with Crippen LogP contribution in [0.5, 0.6) is 0 Å². The van der Waals surface area contributed by atoms with Gasteiger partial charge in [0.25, 0.3) is 0 Å². The number of hydrogen-bond donors (Lipinski definition) is 1. The molecule has 0 spiro atoms. The van der Waals surface area contributed by atoms with Gasteiger partial charge in [-0.1, -0.05) is 70.6 Å². The van der Waals surface area contributed by atoms with E-state index in [1.807, 2.05) is 0 Å². The van der Waals surface area contributed by atoms with Gasteiger partial charge >= 0.3 is 6.00 Å². The van der Waals surface area contributed by atoms with Crippen LogP contribution in [-0.2, 0) is 0 Å². The van der Waals surface area contributed by atoms with Gasteiger partial charge < -0.3 is 5.73 Å². The standard InChI is InChI=1S/C14H30Cl3NSi/c15-19(16,17)14-12-10-8-6-4-2-1-3-5-7-9-11-13-18/h1-14,18H2. The zero-order valence-corrected chi connectivity index (χ0v) is 15.4. The molecule has 0 rings (SSSR count). The average Bonchev–Trinajstić information content (AvgIpc) is 2.34. The zero-order chi connectivity index (χ0) is 14.4. The molecule has 5 heteroatoms. The Morgan fingerprint density at radius 3 is 1.16 bits per heavy atom. The van der Waals surface area contributed by atoms with E-state index in [2.05, 4.69) is 0 Å². The van der Waals surface area contributed by atoms with Crippen LogP contribution in [0.3, 0.4) is 0 Å². The molecule has 0 heterocycles. The van der Waals surface area contributed by atoms with E-state index < -0.39 is 6.00 Å². The third-order valence-corrected chi connectivity index (χ3v) is 6.04. The molecule has 0 aromatic rings. The molecule has 0 atom stereocenters. The third-order valence-electron chi connectivity index (χ3n) is 3.41. The van der Waals surface area contributed by atoms with Gasteiger partial charge in [0.15, 0.2) is 0 Å². The second-order valence-corrected chi connectivity index (χ2v) is 14.7. The third kappa shape index (κ3) is 19.0. The Labute approximate surface area is 134 Å². The summed E-state index contributed by atoms with van der Waals surface area (Å²) in [5, 5.41) is 0. The molecule has 1 nitrogen and oxygen atoms in total. The van der Waals surface area contributed by atoms with E-state index in [1.54, 1.807) is 0 Å². The molecular formula is C14H30Cl3NSi. The first-order valence-electron chi connectivity index (χ1n) is 7.83. The summed E-state index contributed by atoms with van der Waals surface area (Å²) in [6.07, 6.45) is 15.7. The fourth-order valence-electron chi connectivity index (χ4n) is 2.24. The van der Waals surface area contributed by atoms with Crippen LogP contribution in [0.4, 0.5) is 0 Å². The van der Waals surface area contributed by atoms with Crippen molar-refractivity contribution in [3.63, 3.8) is 0 Å². The Morgan fingerprint density at radius 2 is 0.842 bits per heavy atom. The quantitative estimate of drug-likeness (QED) is 0.223. The predicted molar refractivity (Wildman–Crippen MR) is 92.6 cm³/mol. The van der Waals surface area contributed by atoms with E-state index >= 15 is 0 Å². The first-order valence-corrected chi connectivity index (χ1v) is 13.1. The molecule has 0 amide bonds. The molecule has 0 aromatic heterocycles. The number of hydrogen-bond acceptors (Lipinski definition) is 1. The van der Waals surface area contributed by atoms with Crippen molar-refractivity contribution in [2.24, 2.45) is 5.73 Å². The minimum Gasteiger partial charge on any atom is -0.330 e. The number of rotatable bonds is 14. The summed E-state index contributed by atoms with van der Waals surface area (Å²) in [5.74, 6) is 0. The van der Waals surface area contributed by atoms with Crippen LogP contribution < -0.4 is 5.73 Å². The highest BCUT2D eigenvalue weighted by Crippen LogP contribution is 2.27. The molecule has 0 aromatic carbocycles. The average molecular weight is 347 g/mol. The fourth-order valence-corrected chi connectivity index (χ4v) is 4.09. The minimum absolute atomic E-state index is 0.820. The van der Waals surface area contributed by atoms with Crippen LogP contribution in [0.15, 0.2) is 0 Å². The molecule has 0 bridgehead atoms. The highest BCUT2D eigenvalue weighted by molar-refractivity contribution is 7.64. The van der Waals surface area contributed by atoms with Crippen LogP contribution >= 0.6 is 33.2 Å². The molecule has 19 heavy (non-hydrogen) atoms. The van der Waals surface area contributed by atoms with Gasteiger partial charge in [-0.2, -0.15) is 0 Å². The monoisotopic (exact) mass is 345 g/mol. The molecule has 0 aliphatic carbocycles. The molecule has 0 radical (unpaired) electrons. The molecule has 0 saturated carbocycles. The first kappa shape index (κ1) is 20.0. The van der Waals surface area contributed by atoms with E-state index in [0.29, 0.717) is 0 Å². The summed E-state index contributed by atoms with van der Waals surface area (Å²) < 4.78 is 0. The highest BCUT2D eigenvalue weighted by Gasteiger charge is 2.23. The van der Waals surface area contributed by atoms with E-state index in [4.69, 9.17) is 39.0 Å². The number of unbranched alkanes of at least 4 members (excludes halogenated alkanes) is 11. The van der Waals surface area contributed by atoms with Gasteiger partial charge in [-0.3, -0.25) is 0 Å². The maximum absolute atomic E-state index is 5.84. The fraction of sp³-hybridized carbons (Fsp3) is 1.00. The van der Waals surface area contributed by atoms with Crippen molar-refractivity contribution in [3.8, 4) is 0 Å². The first-order chi connectivity index (χ1) is 9.06. The predicted octanol–water partition coefficient (Wildman–Crippen LogP) is 6.28. The summed E-state index contributed by atoms with van der Waals surface area (Å²) in [6.45, 7) is 0.848. The van der Waals surface area contributed by atoms with Gasteiger partial charge in [0, 0.05) is 0 Å². The van der Waals surface area contributed by atoms with Gasteiger partial charge in [-0.15, -0.1) is 33.2 Å². The summed E-state index contributed by atoms with van der Waals surface area (Å²) in [4.78, 5) is 0. The lowest BCUT2D eigenvalue weighted by Crippen LogP contribution is -2.07. The van der Waals surface area contributed by atoms with Crippen LogP contribution in [0.25, 0.3) is 0 Å². The topological polar surface area (TPSA) is 26.0 Å². The van der Waals surface area contributed by atoms with Gasteiger partial charge in [0.1, 0.15) is 0 Å². The lowest BCUT2D eigenvalue weighted by molar-refractivity contribution is 0.545. The summed E-state index contributed by atoms with van der Waals surface area (Å²) in [7, 11) is 0. The van der Waals surface area contributed by atoms with Crippen molar-refractivity contribution in [3.05, 3.63) is 0 Å². The van der Waals surface area contributed by atoms with Gasteiger partial charge in [-0.25, -0.2) is 0 Å². The van der Waals surface area contributed by atoms with Crippen molar-refractivity contribution in [2.45, 2.75) is 83.1 Å². The van der Waals surface area contributed by atoms with Crippen LogP contribution in [0.2, 0.25) is 6.04 Å². The second-order valence-electron chi connectivity index (χ2n) is 5.40. The van der Waals surface area contributed by atoms with Crippen molar-refractivity contribution in [1.29, 1.82) is 0 Å². The maximum Gasteiger partial charge on any atom is 0.341 e. The van der Waals surface area contributed by atoms with Crippen LogP contribution in [0, 0.1) is 0 Å². The van der Waals surface area contributed by atoms with E-state index in [1.165, 1.54) is 70.6 Å².